The molecule has 0 saturated carbocycles. The first-order valence-corrected chi connectivity index (χ1v) is 5.50. The Kier molecular flexibility index (Phi) is 7.34. The number of methoxy groups -OCH3 is 1. The van der Waals surface area contributed by atoms with Gasteiger partial charge in [-0.2, -0.15) is 0 Å². The fourth-order valence-corrected chi connectivity index (χ4v) is 1.36. The van der Waals surface area contributed by atoms with E-state index in [-0.39, 0.29) is 18.1 Å². The summed E-state index contributed by atoms with van der Waals surface area (Å²) in [4.78, 5) is 10.8. The molecular weight excluding hydrogens is 194 g/mol. The molecule has 4 heteroatoms. The monoisotopic (exact) mass is 217 g/mol. The standard InChI is InChI=1S/C11H23NO3/c1-4-11(2,7-9-13)12-8-5-6-10(14)15-3/h12-13H,4-9H2,1-3H3. The molecule has 0 rings (SSSR count). The Labute approximate surface area is 92.0 Å². The lowest BCUT2D eigenvalue weighted by Crippen LogP contribution is -2.43. The second-order valence-electron chi connectivity index (χ2n) is 3.99. The lowest BCUT2D eigenvalue weighted by Gasteiger charge is -2.29. The van der Waals surface area contributed by atoms with Crippen LogP contribution in [0.3, 0.4) is 0 Å². The molecule has 0 aromatic rings. The highest BCUT2D eigenvalue weighted by molar-refractivity contribution is 5.69. The molecule has 15 heavy (non-hydrogen) atoms. The van der Waals surface area contributed by atoms with Crippen LogP contribution in [-0.4, -0.2) is 36.9 Å². The minimum atomic E-state index is -0.169. The van der Waals surface area contributed by atoms with Crippen LogP contribution in [0, 0.1) is 0 Å². The van der Waals surface area contributed by atoms with Crippen molar-refractivity contribution in [2.45, 2.75) is 45.1 Å². The number of aliphatic hydroxyl groups excluding tert-OH is 1. The summed E-state index contributed by atoms with van der Waals surface area (Å²) in [5, 5.41) is 12.3. The van der Waals surface area contributed by atoms with Gasteiger partial charge in [0.25, 0.3) is 0 Å². The lowest BCUT2D eigenvalue weighted by atomic mass is 9.95. The number of carbonyl (C=O) groups is 1. The normalized spacial score (nSPS) is 14.7. The molecule has 0 aliphatic heterocycles. The number of aliphatic hydroxyl groups is 1. The minimum absolute atomic E-state index is 0.0229. The summed E-state index contributed by atoms with van der Waals surface area (Å²) >= 11 is 0. The predicted octanol–water partition coefficient (Wildman–Crippen LogP) is 1.08. The van der Waals surface area contributed by atoms with Crippen LogP contribution in [0.2, 0.25) is 0 Å². The molecule has 0 saturated heterocycles. The van der Waals surface area contributed by atoms with Crippen molar-refractivity contribution in [3.63, 3.8) is 0 Å². The van der Waals surface area contributed by atoms with Gasteiger partial charge in [-0.25, -0.2) is 0 Å². The molecule has 0 aliphatic rings. The third kappa shape index (κ3) is 6.47. The van der Waals surface area contributed by atoms with Crippen molar-refractivity contribution < 1.29 is 14.6 Å². The predicted molar refractivity (Wildman–Crippen MR) is 59.7 cm³/mol. The highest BCUT2D eigenvalue weighted by atomic mass is 16.5. The summed E-state index contributed by atoms with van der Waals surface area (Å²) in [6.07, 6.45) is 2.92. The van der Waals surface area contributed by atoms with E-state index in [4.69, 9.17) is 5.11 Å². The third-order valence-electron chi connectivity index (χ3n) is 2.78. The average Bonchev–Trinajstić information content (AvgIpc) is 2.24. The van der Waals surface area contributed by atoms with E-state index in [0.29, 0.717) is 6.42 Å². The van der Waals surface area contributed by atoms with Gasteiger partial charge in [0.1, 0.15) is 0 Å². The number of nitrogens with one attached hydrogen (secondary N) is 1. The molecule has 0 heterocycles. The van der Waals surface area contributed by atoms with Gasteiger partial charge in [-0.1, -0.05) is 6.92 Å². The van der Waals surface area contributed by atoms with E-state index in [2.05, 4.69) is 23.9 Å². The highest BCUT2D eigenvalue weighted by Crippen LogP contribution is 2.13. The molecule has 90 valence electrons. The van der Waals surface area contributed by atoms with Crippen LogP contribution in [0.4, 0.5) is 0 Å². The molecule has 0 aliphatic carbocycles. The summed E-state index contributed by atoms with van der Waals surface area (Å²) < 4.78 is 4.55. The zero-order valence-corrected chi connectivity index (χ0v) is 10.0. The molecule has 0 aromatic heterocycles. The SMILES string of the molecule is CCC(C)(CCO)NCCCC(=O)OC. The Bertz CT molecular complexity index is 185. The van der Waals surface area contributed by atoms with E-state index in [0.717, 1.165) is 25.8 Å². The zero-order chi connectivity index (χ0) is 11.7. The largest absolute Gasteiger partial charge is 0.469 e. The second kappa shape index (κ2) is 7.65. The van der Waals surface area contributed by atoms with Crippen LogP contribution in [0.25, 0.3) is 0 Å². The van der Waals surface area contributed by atoms with Crippen molar-refractivity contribution in [3.05, 3.63) is 0 Å². The van der Waals surface area contributed by atoms with Gasteiger partial charge in [-0.05, 0) is 32.7 Å². The Morgan fingerprint density at radius 2 is 2.20 bits per heavy atom. The Balaban J connectivity index is 3.67. The smallest absolute Gasteiger partial charge is 0.305 e. The maximum absolute atomic E-state index is 10.8. The molecular formula is C11H23NO3. The van der Waals surface area contributed by atoms with E-state index in [1.165, 1.54) is 7.11 Å². The third-order valence-corrected chi connectivity index (χ3v) is 2.78. The first-order chi connectivity index (χ1) is 7.08. The Morgan fingerprint density at radius 1 is 1.53 bits per heavy atom. The molecule has 4 nitrogen and oxygen atoms in total. The molecule has 0 spiro atoms. The first-order valence-electron chi connectivity index (χ1n) is 5.50. The lowest BCUT2D eigenvalue weighted by molar-refractivity contribution is -0.140. The first kappa shape index (κ1) is 14.4. The number of rotatable bonds is 8. The molecule has 0 radical (unpaired) electrons. The van der Waals surface area contributed by atoms with E-state index in [9.17, 15) is 4.79 Å². The number of esters is 1. The van der Waals surface area contributed by atoms with Crippen molar-refractivity contribution in [3.8, 4) is 0 Å². The van der Waals surface area contributed by atoms with Gasteiger partial charge in [-0.15, -0.1) is 0 Å². The Morgan fingerprint density at radius 3 is 2.67 bits per heavy atom. The molecule has 0 amide bonds. The number of hydrogen-bond acceptors (Lipinski definition) is 4. The molecule has 0 bridgehead atoms. The molecule has 1 unspecified atom stereocenters. The van der Waals surface area contributed by atoms with Gasteiger partial charge in [0.2, 0.25) is 0 Å². The van der Waals surface area contributed by atoms with Gasteiger partial charge < -0.3 is 15.2 Å². The summed E-state index contributed by atoms with van der Waals surface area (Å²) in [6, 6.07) is 0. The van der Waals surface area contributed by atoms with Crippen LogP contribution in [-0.2, 0) is 9.53 Å². The number of carbonyl (C=O) groups excluding carboxylic acids is 1. The second-order valence-corrected chi connectivity index (χ2v) is 3.99. The van der Waals surface area contributed by atoms with Gasteiger partial charge in [0.15, 0.2) is 0 Å². The quantitative estimate of drug-likeness (QED) is 0.472. The molecule has 2 N–H and O–H groups in total. The molecule has 0 aromatic carbocycles. The van der Waals surface area contributed by atoms with Crippen molar-refractivity contribution in [2.24, 2.45) is 0 Å². The summed E-state index contributed by atoms with van der Waals surface area (Å²) in [7, 11) is 1.40. The van der Waals surface area contributed by atoms with Gasteiger partial charge in [0.05, 0.1) is 7.11 Å². The van der Waals surface area contributed by atoms with Gasteiger partial charge >= 0.3 is 5.97 Å². The summed E-state index contributed by atoms with van der Waals surface area (Å²) in [6.45, 7) is 5.14. The van der Waals surface area contributed by atoms with Crippen LogP contribution in [0.15, 0.2) is 0 Å². The van der Waals surface area contributed by atoms with Crippen molar-refractivity contribution in [2.75, 3.05) is 20.3 Å². The fourth-order valence-electron chi connectivity index (χ4n) is 1.36. The van der Waals surface area contributed by atoms with Gasteiger partial charge in [0, 0.05) is 18.6 Å². The summed E-state index contributed by atoms with van der Waals surface area (Å²) in [5.74, 6) is -0.169. The van der Waals surface area contributed by atoms with Crippen LogP contribution in [0.5, 0.6) is 0 Å². The fraction of sp³-hybridized carbons (Fsp3) is 0.909. The van der Waals surface area contributed by atoms with Gasteiger partial charge in [-0.3, -0.25) is 4.79 Å². The number of ether oxygens (including phenoxy) is 1. The van der Waals surface area contributed by atoms with Crippen molar-refractivity contribution in [1.82, 2.24) is 5.32 Å². The van der Waals surface area contributed by atoms with Crippen LogP contribution < -0.4 is 5.32 Å². The van der Waals surface area contributed by atoms with E-state index >= 15 is 0 Å². The zero-order valence-electron chi connectivity index (χ0n) is 10.0. The van der Waals surface area contributed by atoms with Crippen molar-refractivity contribution in [1.29, 1.82) is 0 Å². The van der Waals surface area contributed by atoms with Crippen molar-refractivity contribution >= 4 is 5.97 Å². The maximum atomic E-state index is 10.8. The van der Waals surface area contributed by atoms with Crippen LogP contribution >= 0.6 is 0 Å². The van der Waals surface area contributed by atoms with Crippen LogP contribution in [0.1, 0.15) is 39.5 Å². The molecule has 0 fully saturated rings. The maximum Gasteiger partial charge on any atom is 0.305 e. The van der Waals surface area contributed by atoms with E-state index in [1.54, 1.807) is 0 Å². The Hall–Kier alpha value is -0.610. The number of hydrogen-bond donors (Lipinski definition) is 2. The van der Waals surface area contributed by atoms with E-state index in [1.807, 2.05) is 0 Å². The average molecular weight is 217 g/mol. The highest BCUT2D eigenvalue weighted by Gasteiger charge is 2.19. The molecule has 1 atom stereocenters. The summed E-state index contributed by atoms with van der Waals surface area (Å²) in [5.41, 5.74) is -0.0229. The van der Waals surface area contributed by atoms with E-state index < -0.39 is 0 Å². The minimum Gasteiger partial charge on any atom is -0.469 e. The topological polar surface area (TPSA) is 58.6 Å².